The molecule has 0 aliphatic carbocycles. The lowest BCUT2D eigenvalue weighted by molar-refractivity contribution is -0.142. The maximum absolute atomic E-state index is 13.3. The molecule has 1 heterocycles. The summed E-state index contributed by atoms with van der Waals surface area (Å²) in [4.78, 5) is 27.0. The largest absolute Gasteiger partial charge is 0.354 e. The number of carbonyl (C=O) groups excluding carboxylic acids is 2. The average molecular weight is 433 g/mol. The van der Waals surface area contributed by atoms with E-state index in [-0.39, 0.29) is 17.6 Å². The molecule has 1 N–H and O–H groups in total. The highest BCUT2D eigenvalue weighted by atomic mass is 79.9. The molecule has 3 rings (SSSR count). The van der Waals surface area contributed by atoms with Crippen LogP contribution >= 0.6 is 15.9 Å². The zero-order valence-electron chi connectivity index (χ0n) is 15.0. The van der Waals surface area contributed by atoms with Gasteiger partial charge in [0, 0.05) is 19.5 Å². The van der Waals surface area contributed by atoms with E-state index in [4.69, 9.17) is 0 Å². The number of benzene rings is 2. The third-order valence-electron chi connectivity index (χ3n) is 4.73. The van der Waals surface area contributed by atoms with Crippen LogP contribution in [0.3, 0.4) is 0 Å². The summed E-state index contributed by atoms with van der Waals surface area (Å²) < 4.78 is 13.7. The van der Waals surface area contributed by atoms with Gasteiger partial charge in [0.25, 0.3) is 0 Å². The van der Waals surface area contributed by atoms with Gasteiger partial charge in [0.15, 0.2) is 0 Å². The Morgan fingerprint density at radius 3 is 2.67 bits per heavy atom. The van der Waals surface area contributed by atoms with Crippen molar-refractivity contribution in [2.75, 3.05) is 13.1 Å². The first-order valence-electron chi connectivity index (χ1n) is 9.12. The molecule has 1 saturated heterocycles. The molecule has 2 aromatic rings. The van der Waals surface area contributed by atoms with Gasteiger partial charge in [-0.05, 0) is 58.5 Å². The first-order valence-corrected chi connectivity index (χ1v) is 9.91. The van der Waals surface area contributed by atoms with Crippen molar-refractivity contribution in [2.24, 2.45) is 0 Å². The number of hydrogen-bond donors (Lipinski definition) is 1. The molecule has 2 aromatic carbocycles. The zero-order valence-corrected chi connectivity index (χ0v) is 16.5. The van der Waals surface area contributed by atoms with E-state index in [1.807, 2.05) is 30.3 Å². The van der Waals surface area contributed by atoms with E-state index in [9.17, 15) is 14.0 Å². The highest BCUT2D eigenvalue weighted by Gasteiger charge is 2.32. The van der Waals surface area contributed by atoms with Crippen LogP contribution in [0.4, 0.5) is 4.39 Å². The van der Waals surface area contributed by atoms with Crippen LogP contribution in [0.2, 0.25) is 0 Å². The second-order valence-corrected chi connectivity index (χ2v) is 7.50. The molecule has 6 heteroatoms. The van der Waals surface area contributed by atoms with Crippen LogP contribution in [0.25, 0.3) is 0 Å². The van der Waals surface area contributed by atoms with Gasteiger partial charge in [0.1, 0.15) is 11.9 Å². The first kappa shape index (κ1) is 19.5. The highest BCUT2D eigenvalue weighted by molar-refractivity contribution is 9.10. The third kappa shape index (κ3) is 4.95. The van der Waals surface area contributed by atoms with E-state index < -0.39 is 6.04 Å². The van der Waals surface area contributed by atoms with E-state index in [0.717, 1.165) is 24.0 Å². The van der Waals surface area contributed by atoms with E-state index in [1.54, 1.807) is 17.0 Å². The van der Waals surface area contributed by atoms with Gasteiger partial charge in [-0.25, -0.2) is 4.39 Å². The Bertz CT molecular complexity index is 813. The van der Waals surface area contributed by atoms with Gasteiger partial charge in [-0.3, -0.25) is 9.59 Å². The summed E-state index contributed by atoms with van der Waals surface area (Å²) in [6, 6.07) is 13.6. The van der Waals surface area contributed by atoms with Gasteiger partial charge >= 0.3 is 0 Å². The molecule has 1 unspecified atom stereocenters. The quantitative estimate of drug-likeness (QED) is 0.749. The van der Waals surface area contributed by atoms with Crippen LogP contribution in [-0.2, 0) is 16.0 Å². The van der Waals surface area contributed by atoms with Gasteiger partial charge in [-0.2, -0.15) is 0 Å². The summed E-state index contributed by atoms with van der Waals surface area (Å²) in [5.74, 6) is -0.471. The fraction of sp³-hybridized carbons (Fsp3) is 0.333. The molecule has 1 atom stereocenters. The molecule has 0 aromatic heterocycles. The monoisotopic (exact) mass is 432 g/mol. The lowest BCUT2D eigenvalue weighted by Gasteiger charge is -2.34. The number of nitrogens with zero attached hydrogens (tertiary/aromatic N) is 1. The van der Waals surface area contributed by atoms with Crippen molar-refractivity contribution in [1.29, 1.82) is 0 Å². The first-order chi connectivity index (χ1) is 13.1. The Kier molecular flexibility index (Phi) is 6.61. The standard InChI is InChI=1S/C21H22BrFN2O2/c22-17-14-15(9-10-18(17)23)11-12-24-21(27)20(16-6-2-1-3-7-16)25-13-5-4-8-19(25)26/h1-3,6-7,9-10,14,20H,4-5,8,11-13H2,(H,24,27). The molecule has 4 nitrogen and oxygen atoms in total. The van der Waals surface area contributed by atoms with Crippen molar-refractivity contribution in [2.45, 2.75) is 31.7 Å². The number of nitrogens with one attached hydrogen (secondary N) is 1. The number of hydrogen-bond acceptors (Lipinski definition) is 2. The van der Waals surface area contributed by atoms with Gasteiger partial charge in [-0.15, -0.1) is 0 Å². The molecule has 142 valence electrons. The Morgan fingerprint density at radius 1 is 1.19 bits per heavy atom. The minimum absolute atomic E-state index is 0.0210. The Morgan fingerprint density at radius 2 is 1.96 bits per heavy atom. The molecular weight excluding hydrogens is 411 g/mol. The molecule has 1 aliphatic heterocycles. The molecule has 0 saturated carbocycles. The lowest BCUT2D eigenvalue weighted by Crippen LogP contribution is -2.46. The fourth-order valence-corrected chi connectivity index (χ4v) is 3.76. The predicted octanol–water partition coefficient (Wildman–Crippen LogP) is 4.00. The van der Waals surface area contributed by atoms with E-state index in [2.05, 4.69) is 21.2 Å². The lowest BCUT2D eigenvalue weighted by atomic mass is 10.0. The summed E-state index contributed by atoms with van der Waals surface area (Å²) in [5, 5.41) is 2.94. The molecule has 0 bridgehead atoms. The van der Waals surface area contributed by atoms with Crippen molar-refractivity contribution >= 4 is 27.7 Å². The third-order valence-corrected chi connectivity index (χ3v) is 5.34. The molecule has 1 aliphatic rings. The minimum atomic E-state index is -0.612. The van der Waals surface area contributed by atoms with E-state index in [1.165, 1.54) is 6.07 Å². The second kappa shape index (κ2) is 9.13. The molecule has 0 radical (unpaired) electrons. The van der Waals surface area contributed by atoms with Crippen LogP contribution in [0.1, 0.15) is 36.4 Å². The van der Waals surface area contributed by atoms with E-state index >= 15 is 0 Å². The van der Waals surface area contributed by atoms with Crippen LogP contribution in [0.15, 0.2) is 53.0 Å². The Labute approximate surface area is 166 Å². The van der Waals surface area contributed by atoms with Crippen LogP contribution in [0.5, 0.6) is 0 Å². The van der Waals surface area contributed by atoms with Crippen LogP contribution < -0.4 is 5.32 Å². The number of piperidine rings is 1. The Balaban J connectivity index is 1.69. The number of likely N-dealkylation sites (tertiary alicyclic amines) is 1. The number of halogens is 2. The minimum Gasteiger partial charge on any atom is -0.354 e. The van der Waals surface area contributed by atoms with Gasteiger partial charge in [0.05, 0.1) is 4.47 Å². The summed E-state index contributed by atoms with van der Waals surface area (Å²) in [6.07, 6.45) is 2.85. The maximum Gasteiger partial charge on any atom is 0.247 e. The highest BCUT2D eigenvalue weighted by Crippen LogP contribution is 2.26. The van der Waals surface area contributed by atoms with Gasteiger partial charge < -0.3 is 10.2 Å². The van der Waals surface area contributed by atoms with Crippen molar-refractivity contribution in [3.8, 4) is 0 Å². The van der Waals surface area contributed by atoms with E-state index in [0.29, 0.717) is 30.4 Å². The summed E-state index contributed by atoms with van der Waals surface area (Å²) in [5.41, 5.74) is 1.74. The topological polar surface area (TPSA) is 49.4 Å². The van der Waals surface area contributed by atoms with Gasteiger partial charge in [0.2, 0.25) is 11.8 Å². The second-order valence-electron chi connectivity index (χ2n) is 6.65. The predicted molar refractivity (Wildman–Crippen MR) is 106 cm³/mol. The van der Waals surface area contributed by atoms with Crippen molar-refractivity contribution in [1.82, 2.24) is 10.2 Å². The summed E-state index contributed by atoms with van der Waals surface area (Å²) in [6.45, 7) is 1.01. The summed E-state index contributed by atoms with van der Waals surface area (Å²) in [7, 11) is 0. The molecular formula is C21H22BrFN2O2. The molecule has 2 amide bonds. The SMILES string of the molecule is O=C(NCCc1ccc(F)c(Br)c1)C(c1ccccc1)N1CCCCC1=O. The summed E-state index contributed by atoms with van der Waals surface area (Å²) >= 11 is 3.17. The number of amides is 2. The van der Waals surface area contributed by atoms with Crippen molar-refractivity contribution in [3.63, 3.8) is 0 Å². The molecule has 1 fully saturated rings. The number of rotatable bonds is 6. The van der Waals surface area contributed by atoms with Gasteiger partial charge in [-0.1, -0.05) is 36.4 Å². The molecule has 27 heavy (non-hydrogen) atoms. The smallest absolute Gasteiger partial charge is 0.247 e. The number of carbonyl (C=O) groups is 2. The molecule has 0 spiro atoms. The van der Waals surface area contributed by atoms with Crippen LogP contribution in [0, 0.1) is 5.82 Å². The van der Waals surface area contributed by atoms with Crippen molar-refractivity contribution < 1.29 is 14.0 Å². The normalized spacial score (nSPS) is 15.5. The Hall–Kier alpha value is -2.21. The zero-order chi connectivity index (χ0) is 19.2. The average Bonchev–Trinajstić information content (AvgIpc) is 2.67. The maximum atomic E-state index is 13.3. The fourth-order valence-electron chi connectivity index (χ4n) is 3.33. The van der Waals surface area contributed by atoms with Crippen molar-refractivity contribution in [3.05, 3.63) is 69.9 Å². The van der Waals surface area contributed by atoms with Crippen LogP contribution in [-0.4, -0.2) is 29.8 Å².